The molecular weight excluding hydrogens is 1290 g/mol. The molecule has 0 atom stereocenters. The number of para-hydroxylation sites is 3. The molecule has 0 radical (unpaired) electrons. The van der Waals surface area contributed by atoms with Gasteiger partial charge in [0.15, 0.2) is 0 Å². The molecule has 0 unspecified atom stereocenters. The molecule has 4 nitrogen and oxygen atoms in total. The van der Waals surface area contributed by atoms with Crippen molar-refractivity contribution in [3.8, 4) is 61.6 Å². The van der Waals surface area contributed by atoms with Crippen molar-refractivity contribution in [3.05, 3.63) is 344 Å². The van der Waals surface area contributed by atoms with Crippen LogP contribution in [0, 0.1) is 0 Å². The Hall–Kier alpha value is -12.4. The molecule has 0 saturated carbocycles. The van der Waals surface area contributed by atoms with Gasteiger partial charge in [0, 0.05) is 71.7 Å². The molecule has 2 aliphatic heterocycles. The van der Waals surface area contributed by atoms with Gasteiger partial charge in [-0.05, 0) is 189 Å². The van der Waals surface area contributed by atoms with Gasteiger partial charge in [-0.2, -0.15) is 0 Å². The normalized spacial score (nSPS) is 13.9. The zero-order chi connectivity index (χ0) is 79.3. The van der Waals surface area contributed by atoms with Crippen LogP contribution >= 0.6 is 0 Å². The number of nitrogens with zero attached hydrogens (tertiary/aromatic N) is 4. The van der Waals surface area contributed by atoms with Gasteiger partial charge in [-0.1, -0.05) is 305 Å². The van der Waals surface area contributed by atoms with Gasteiger partial charge in [0.2, 0.25) is 0 Å². The molecule has 20 rings (SSSR count). The van der Waals surface area contributed by atoms with Gasteiger partial charge in [0.05, 0.1) is 49.9 Å². The molecular formula is C102H81BN4. The van der Waals surface area contributed by atoms with Crippen LogP contribution in [0.1, 0.15) is 90.0 Å². The maximum absolute atomic E-state index is 10.2. The predicted octanol–water partition coefficient (Wildman–Crippen LogP) is 25.6. The Morgan fingerprint density at radius 2 is 0.701 bits per heavy atom. The van der Waals surface area contributed by atoms with Crippen LogP contribution in [-0.2, 0) is 16.2 Å². The van der Waals surface area contributed by atoms with E-state index in [2.05, 4.69) is 355 Å². The summed E-state index contributed by atoms with van der Waals surface area (Å²) in [6, 6.07) is 98.3. The van der Waals surface area contributed by atoms with E-state index in [9.17, 15) is 11.0 Å². The quantitative estimate of drug-likeness (QED) is 0.145. The summed E-state index contributed by atoms with van der Waals surface area (Å²) in [5, 5.41) is 8.39. The van der Waals surface area contributed by atoms with E-state index in [1.807, 2.05) is 0 Å². The lowest BCUT2D eigenvalue weighted by molar-refractivity contribution is 0.590. The maximum atomic E-state index is 10.2. The second-order valence-electron chi connectivity index (χ2n) is 32.2. The van der Waals surface area contributed by atoms with Crippen molar-refractivity contribution in [2.45, 2.75) is 78.6 Å². The Balaban J connectivity index is 1.06. The highest BCUT2D eigenvalue weighted by Crippen LogP contribution is 2.53. The first-order chi connectivity index (χ1) is 55.3. The molecule has 5 heteroatoms. The van der Waals surface area contributed by atoms with Crippen molar-refractivity contribution in [3.63, 3.8) is 0 Å². The fourth-order valence-corrected chi connectivity index (χ4v) is 17.5. The van der Waals surface area contributed by atoms with E-state index in [0.717, 1.165) is 154 Å². The lowest BCUT2D eigenvalue weighted by atomic mass is 9.33. The third kappa shape index (κ3) is 10.2. The third-order valence-electron chi connectivity index (χ3n) is 22.7. The van der Waals surface area contributed by atoms with Crippen molar-refractivity contribution in [2.24, 2.45) is 0 Å². The standard InChI is InChI=1S/C102H81BN4/c1-100(2,3)70-47-45-65(46-48-70)69-57-86-78-38-22-20-36-76(78)75-35-19-21-37-77(75)79-39-23-28-44-91(79)106-95-62-74(105-89-42-26-24-40-80(89)81-41-25-27-43-90(81)105)63-96-97(95)103(88(58-69)99(86)106)87-52-51-73(104-92-53-49-71(101(4,5)6)59-84(92)85-60-72(102(7,8)9)50-54-93(85)104)61-94(87)107(96)98-82(66-31-15-11-16-32-66)55-68(64-29-13-10-14-30-64)56-83(98)67-33-17-12-18-34-67/h10-63H,1-9H3/i24D,25D,26D,27D,40D,41D,42D,43D. The van der Waals surface area contributed by atoms with Crippen LogP contribution in [0.2, 0.25) is 0 Å². The molecule has 512 valence electrons. The van der Waals surface area contributed by atoms with E-state index in [1.165, 1.54) is 16.7 Å². The molecule has 0 amide bonds. The van der Waals surface area contributed by atoms with E-state index in [0.29, 0.717) is 5.69 Å². The first-order valence-electron chi connectivity index (χ1n) is 41.3. The van der Waals surface area contributed by atoms with Crippen molar-refractivity contribution < 1.29 is 11.0 Å². The Bertz CT molecular complexity index is 7100. The summed E-state index contributed by atoms with van der Waals surface area (Å²) < 4.78 is 84.7. The fraction of sp³-hybridized carbons (Fsp3) is 0.118. The summed E-state index contributed by atoms with van der Waals surface area (Å²) in [6.45, 7) is 19.9. The van der Waals surface area contributed by atoms with Crippen molar-refractivity contribution in [1.29, 1.82) is 0 Å². The molecule has 0 spiro atoms. The van der Waals surface area contributed by atoms with E-state index in [4.69, 9.17) is 0 Å². The summed E-state index contributed by atoms with van der Waals surface area (Å²) in [5.74, 6) is 0. The first kappa shape index (κ1) is 56.0. The van der Waals surface area contributed by atoms with E-state index in [1.54, 1.807) is 4.57 Å². The second-order valence-corrected chi connectivity index (χ2v) is 32.2. The SMILES string of the molecule is [2H]c1c([2H])c([2H])c2c(c1[2H])c1c([2H])c([2H])c([2H])c([2H])c1n2-c1cc2c3c(c1)-n1c4ccccc4c4ccccc4c4ccccc4c4cc(-c5ccc(C(C)(C)C)cc5)cc(c41)B3c1ccc(-n3c4ccc(C(C)(C)C)cc4c4cc(C(C)(C)C)ccc43)cc1N2c1c(-c2ccccc2)cc(-c2ccccc2)cc1-c1ccccc1. The lowest BCUT2D eigenvalue weighted by Crippen LogP contribution is -2.60. The summed E-state index contributed by atoms with van der Waals surface area (Å²) in [7, 11) is 0. The molecule has 0 saturated heterocycles. The van der Waals surface area contributed by atoms with E-state index in [-0.39, 0.29) is 50.1 Å². The molecule has 0 fully saturated rings. The number of rotatable bonds is 7. The van der Waals surface area contributed by atoms with Gasteiger partial charge in [-0.3, -0.25) is 0 Å². The summed E-state index contributed by atoms with van der Waals surface area (Å²) in [5.41, 5.74) is 22.7. The minimum Gasteiger partial charge on any atom is -0.310 e. The fourth-order valence-electron chi connectivity index (χ4n) is 17.5. The number of hydrogen-bond donors (Lipinski definition) is 0. The van der Waals surface area contributed by atoms with Crippen LogP contribution in [0.4, 0.5) is 17.1 Å². The summed E-state index contributed by atoms with van der Waals surface area (Å²) in [6.07, 6.45) is 0. The van der Waals surface area contributed by atoms with Gasteiger partial charge in [0.25, 0.3) is 6.71 Å². The Morgan fingerprint density at radius 3 is 1.25 bits per heavy atom. The Kier molecular flexibility index (Phi) is 12.6. The van der Waals surface area contributed by atoms with Gasteiger partial charge in [0.1, 0.15) is 0 Å². The monoisotopic (exact) mass is 1380 g/mol. The van der Waals surface area contributed by atoms with Gasteiger partial charge >= 0.3 is 0 Å². The molecule has 0 N–H and O–H groups in total. The number of anilines is 3. The highest BCUT2D eigenvalue weighted by atomic mass is 15.2. The molecule has 2 aliphatic rings. The third-order valence-corrected chi connectivity index (χ3v) is 22.7. The molecule has 18 aromatic rings. The Morgan fingerprint density at radius 1 is 0.271 bits per heavy atom. The zero-order valence-electron chi connectivity index (χ0n) is 69.4. The van der Waals surface area contributed by atoms with Crippen LogP contribution < -0.4 is 21.3 Å². The first-order valence-corrected chi connectivity index (χ1v) is 37.3. The van der Waals surface area contributed by atoms with E-state index < -0.39 is 43.0 Å². The molecule has 15 aromatic carbocycles. The van der Waals surface area contributed by atoms with E-state index >= 15 is 0 Å². The van der Waals surface area contributed by atoms with Crippen molar-refractivity contribution in [2.75, 3.05) is 4.90 Å². The average molecular weight is 1380 g/mol. The minimum atomic E-state index is -0.570. The predicted molar refractivity (Wildman–Crippen MR) is 459 cm³/mol. The van der Waals surface area contributed by atoms with Gasteiger partial charge in [-0.15, -0.1) is 0 Å². The average Bonchev–Trinajstić information content (AvgIpc) is 1.64. The second kappa shape index (κ2) is 24.1. The minimum absolute atomic E-state index is 0.00858. The van der Waals surface area contributed by atoms with Gasteiger partial charge < -0.3 is 18.6 Å². The number of aromatic nitrogens is 3. The van der Waals surface area contributed by atoms with Crippen molar-refractivity contribution in [1.82, 2.24) is 13.7 Å². The summed E-state index contributed by atoms with van der Waals surface area (Å²) in [4.78, 5) is 2.48. The van der Waals surface area contributed by atoms with Crippen LogP contribution in [0.3, 0.4) is 0 Å². The molecule has 3 aromatic heterocycles. The maximum Gasteiger partial charge on any atom is 0.252 e. The van der Waals surface area contributed by atoms with Crippen molar-refractivity contribution >= 4 is 127 Å². The number of hydrogen-bond acceptors (Lipinski definition) is 1. The Labute approximate surface area is 637 Å². The molecule has 0 bridgehead atoms. The summed E-state index contributed by atoms with van der Waals surface area (Å²) >= 11 is 0. The van der Waals surface area contributed by atoms with Crippen LogP contribution in [0.5, 0.6) is 0 Å². The highest BCUT2D eigenvalue weighted by molar-refractivity contribution is 7.00. The molecule has 5 heterocycles. The largest absolute Gasteiger partial charge is 0.310 e. The lowest BCUT2D eigenvalue weighted by Gasteiger charge is -2.43. The zero-order valence-corrected chi connectivity index (χ0v) is 61.4. The van der Waals surface area contributed by atoms with Crippen LogP contribution in [-0.4, -0.2) is 20.4 Å². The molecule has 0 aliphatic carbocycles. The topological polar surface area (TPSA) is 18.0 Å². The highest BCUT2D eigenvalue weighted by Gasteiger charge is 2.44. The van der Waals surface area contributed by atoms with Crippen LogP contribution in [0.15, 0.2) is 327 Å². The molecule has 107 heavy (non-hydrogen) atoms. The van der Waals surface area contributed by atoms with Crippen LogP contribution in [0.25, 0.3) is 149 Å². The van der Waals surface area contributed by atoms with Gasteiger partial charge in [-0.25, -0.2) is 0 Å². The number of benzene rings is 15. The smallest absolute Gasteiger partial charge is 0.252 e. The number of fused-ring (bicyclic) bond motifs is 17.